The molecule has 1 fully saturated rings. The van der Waals surface area contributed by atoms with Crippen molar-refractivity contribution in [2.24, 2.45) is 0 Å². The van der Waals surface area contributed by atoms with Gasteiger partial charge in [-0.15, -0.1) is 0 Å². The molecule has 1 aliphatic heterocycles. The molecule has 0 bridgehead atoms. The molecule has 2 aliphatic rings. The maximum absolute atomic E-state index is 12.2. The molecular formula is C26H38ClN7O4S. The minimum atomic E-state index is -3.34. The Labute approximate surface area is 235 Å². The van der Waals surface area contributed by atoms with E-state index in [-0.39, 0.29) is 18.0 Å². The number of ether oxygens (including phenoxy) is 1. The van der Waals surface area contributed by atoms with Gasteiger partial charge in [-0.3, -0.25) is 9.69 Å². The van der Waals surface area contributed by atoms with Crippen LogP contribution in [0.2, 0.25) is 5.02 Å². The summed E-state index contributed by atoms with van der Waals surface area (Å²) in [7, 11) is 1.83. The van der Waals surface area contributed by atoms with E-state index in [0.29, 0.717) is 29.1 Å². The minimum absolute atomic E-state index is 0.0943. The topological polar surface area (TPSA) is 129 Å². The van der Waals surface area contributed by atoms with Crippen molar-refractivity contribution >= 4 is 45.0 Å². The summed E-state index contributed by atoms with van der Waals surface area (Å²) >= 11 is 6.43. The number of benzene rings is 1. The van der Waals surface area contributed by atoms with Crippen LogP contribution in [0.1, 0.15) is 36.8 Å². The summed E-state index contributed by atoms with van der Waals surface area (Å²) in [5.74, 6) is 1.55. The van der Waals surface area contributed by atoms with Crippen LogP contribution in [0.5, 0.6) is 5.75 Å². The summed E-state index contributed by atoms with van der Waals surface area (Å²) in [4.78, 5) is 25.0. The van der Waals surface area contributed by atoms with Gasteiger partial charge in [0.1, 0.15) is 10.8 Å². The molecule has 2 heterocycles. The maximum atomic E-state index is 12.2. The molecule has 1 aliphatic carbocycles. The van der Waals surface area contributed by atoms with Gasteiger partial charge in [-0.05, 0) is 48.9 Å². The van der Waals surface area contributed by atoms with Crippen molar-refractivity contribution in [2.45, 2.75) is 50.6 Å². The second-order valence-electron chi connectivity index (χ2n) is 10.4. The van der Waals surface area contributed by atoms with E-state index in [0.717, 1.165) is 57.3 Å². The number of halogens is 1. The third-order valence-corrected chi connectivity index (χ3v) is 8.23. The molecule has 11 nitrogen and oxygen atoms in total. The summed E-state index contributed by atoms with van der Waals surface area (Å²) in [6.07, 6.45) is 7.81. The number of carbonyl (C=O) groups excluding carboxylic acids is 1. The van der Waals surface area contributed by atoms with Crippen molar-refractivity contribution in [3.63, 3.8) is 0 Å². The first-order valence-corrected chi connectivity index (χ1v) is 15.4. The number of methoxy groups -OCH3 is 1. The molecule has 214 valence electrons. The number of nitrogens with zero attached hydrogens (tertiary/aromatic N) is 4. The Morgan fingerprint density at radius 3 is 2.46 bits per heavy atom. The fourth-order valence-electron chi connectivity index (χ4n) is 5.10. The Morgan fingerprint density at radius 2 is 1.82 bits per heavy atom. The van der Waals surface area contributed by atoms with Gasteiger partial charge in [0, 0.05) is 39.3 Å². The first-order chi connectivity index (χ1) is 18.5. The lowest BCUT2D eigenvalue weighted by atomic mass is 9.91. The van der Waals surface area contributed by atoms with E-state index in [9.17, 15) is 13.2 Å². The number of nitrogens with one attached hydrogen (secondary N) is 3. The van der Waals surface area contributed by atoms with E-state index in [2.05, 4.69) is 36.3 Å². The normalized spacial score (nSPS) is 20.0. The van der Waals surface area contributed by atoms with Gasteiger partial charge in [0.2, 0.25) is 21.9 Å². The molecule has 0 spiro atoms. The number of likely N-dealkylation sites (N-methyl/N-ethyl adjacent to an activating group) is 1. The molecule has 0 radical (unpaired) electrons. The Balaban J connectivity index is 1.51. The largest absolute Gasteiger partial charge is 0.495 e. The Kier molecular flexibility index (Phi) is 9.52. The summed E-state index contributed by atoms with van der Waals surface area (Å²) in [6, 6.07) is 3.71. The average Bonchev–Trinajstić information content (AvgIpc) is 3.07. The number of sulfonamides is 1. The number of hydrogen-bond donors (Lipinski definition) is 3. The molecule has 0 saturated heterocycles. The molecule has 1 amide bonds. The maximum Gasteiger partial charge on any atom is 0.236 e. The number of carbonyl (C=O) groups is 1. The van der Waals surface area contributed by atoms with Gasteiger partial charge < -0.3 is 20.3 Å². The van der Waals surface area contributed by atoms with E-state index in [1.807, 2.05) is 6.07 Å². The predicted molar refractivity (Wildman–Crippen MR) is 154 cm³/mol. The Bertz CT molecular complexity index is 1290. The van der Waals surface area contributed by atoms with Crippen LogP contribution in [-0.4, -0.2) is 93.3 Å². The number of anilines is 3. The smallest absolute Gasteiger partial charge is 0.236 e. The highest BCUT2D eigenvalue weighted by Crippen LogP contribution is 2.33. The van der Waals surface area contributed by atoms with E-state index in [1.54, 1.807) is 26.1 Å². The number of hydrogen-bond acceptors (Lipinski definition) is 9. The van der Waals surface area contributed by atoms with Crippen LogP contribution in [-0.2, 0) is 27.7 Å². The monoisotopic (exact) mass is 579 g/mol. The van der Waals surface area contributed by atoms with Crippen LogP contribution < -0.4 is 20.1 Å². The fraction of sp³-hybridized carbons (Fsp3) is 0.577. The molecule has 39 heavy (non-hydrogen) atoms. The number of fused-ring (bicyclic) bond motifs is 1. The minimum Gasteiger partial charge on any atom is -0.495 e. The molecule has 2 atom stereocenters. The van der Waals surface area contributed by atoms with Gasteiger partial charge in [0.25, 0.3) is 0 Å². The van der Waals surface area contributed by atoms with Crippen molar-refractivity contribution < 1.29 is 17.9 Å². The SMILES string of the molecule is COc1cc2c(cc1Nc1ncc(Cl)c(N[C@@H]3CCCC[C@H]3NS(C)(=O)=O)n1)CCN(CC(=O)N(C)C)CC2. The molecule has 2 aromatic rings. The Hall–Kier alpha value is -2.67. The second-order valence-corrected chi connectivity index (χ2v) is 12.6. The van der Waals surface area contributed by atoms with Crippen LogP contribution in [0.4, 0.5) is 17.5 Å². The van der Waals surface area contributed by atoms with E-state index < -0.39 is 10.0 Å². The van der Waals surface area contributed by atoms with Crippen molar-refractivity contribution in [3.8, 4) is 5.75 Å². The van der Waals surface area contributed by atoms with Gasteiger partial charge in [0.05, 0.1) is 31.8 Å². The summed E-state index contributed by atoms with van der Waals surface area (Å²) in [5, 5.41) is 6.97. The van der Waals surface area contributed by atoms with E-state index >= 15 is 0 Å². The van der Waals surface area contributed by atoms with Crippen molar-refractivity contribution in [1.82, 2.24) is 24.5 Å². The number of amides is 1. The molecule has 1 aromatic heterocycles. The standard InChI is InChI=1S/C26H38ClN7O4S/c1-33(2)24(35)16-34-11-9-17-13-22(23(38-3)14-18(17)10-12-34)30-26-28-15-19(27)25(31-26)29-20-7-5-6-8-21(20)32-39(4,36)37/h13-15,20-21,32H,5-12,16H2,1-4H3,(H2,28,29,30,31)/t20-,21-/m1/s1. The first kappa shape index (κ1) is 29.3. The van der Waals surface area contributed by atoms with Gasteiger partial charge in [0.15, 0.2) is 5.82 Å². The molecule has 0 unspecified atom stereocenters. The van der Waals surface area contributed by atoms with Crippen LogP contribution in [0.25, 0.3) is 0 Å². The van der Waals surface area contributed by atoms with Gasteiger partial charge in [-0.2, -0.15) is 4.98 Å². The van der Waals surface area contributed by atoms with Crippen LogP contribution in [0.3, 0.4) is 0 Å². The molecule has 4 rings (SSSR count). The third-order valence-electron chi connectivity index (χ3n) is 7.22. The lowest BCUT2D eigenvalue weighted by Gasteiger charge is -2.32. The van der Waals surface area contributed by atoms with Crippen LogP contribution >= 0.6 is 11.6 Å². The lowest BCUT2D eigenvalue weighted by Crippen LogP contribution is -2.48. The van der Waals surface area contributed by atoms with Crippen molar-refractivity contribution in [1.29, 1.82) is 0 Å². The van der Waals surface area contributed by atoms with E-state index in [1.165, 1.54) is 23.6 Å². The summed E-state index contributed by atoms with van der Waals surface area (Å²) in [5.41, 5.74) is 3.11. The highest BCUT2D eigenvalue weighted by atomic mass is 35.5. The molecule has 1 saturated carbocycles. The molecular weight excluding hydrogens is 542 g/mol. The zero-order chi connectivity index (χ0) is 28.2. The van der Waals surface area contributed by atoms with Gasteiger partial charge in [-0.25, -0.2) is 18.1 Å². The lowest BCUT2D eigenvalue weighted by molar-refractivity contribution is -0.129. The summed E-state index contributed by atoms with van der Waals surface area (Å²) < 4.78 is 32.2. The molecule has 1 aromatic carbocycles. The average molecular weight is 580 g/mol. The highest BCUT2D eigenvalue weighted by Gasteiger charge is 2.28. The van der Waals surface area contributed by atoms with Crippen molar-refractivity contribution in [3.05, 3.63) is 34.5 Å². The van der Waals surface area contributed by atoms with Crippen LogP contribution in [0, 0.1) is 0 Å². The highest BCUT2D eigenvalue weighted by molar-refractivity contribution is 7.88. The quantitative estimate of drug-likeness (QED) is 0.410. The van der Waals surface area contributed by atoms with Crippen LogP contribution in [0.15, 0.2) is 18.3 Å². The zero-order valence-electron chi connectivity index (χ0n) is 23.0. The van der Waals surface area contributed by atoms with Crippen molar-refractivity contribution in [2.75, 3.05) is 57.7 Å². The number of rotatable bonds is 9. The zero-order valence-corrected chi connectivity index (χ0v) is 24.5. The molecule has 3 N–H and O–H groups in total. The number of aromatic nitrogens is 2. The van der Waals surface area contributed by atoms with Gasteiger partial charge in [-0.1, -0.05) is 24.4 Å². The van der Waals surface area contributed by atoms with Gasteiger partial charge >= 0.3 is 0 Å². The predicted octanol–water partition coefficient (Wildman–Crippen LogP) is 2.64. The fourth-order valence-corrected chi connectivity index (χ4v) is 6.08. The second kappa shape index (κ2) is 12.7. The third kappa shape index (κ3) is 7.93. The Morgan fingerprint density at radius 1 is 1.15 bits per heavy atom. The first-order valence-electron chi connectivity index (χ1n) is 13.2. The van der Waals surface area contributed by atoms with E-state index in [4.69, 9.17) is 16.3 Å². The summed E-state index contributed by atoms with van der Waals surface area (Å²) in [6.45, 7) is 1.99. The molecule has 13 heteroatoms.